The number of hydrogen-bond acceptors (Lipinski definition) is 7. The number of amides is 3. The molecule has 0 aliphatic rings. The SMILES string of the molecule is COc1c(Br)cc(C[C@H](NC(=O)[C@@H](N)CCCN=C(N)N)C(=O)N[C@@H](CCCN=C(N)N)C(=O)NCCc2ccccc2)cc1Br. The van der Waals surface area contributed by atoms with Crippen molar-refractivity contribution in [2.45, 2.75) is 56.7 Å². The molecule has 0 aliphatic heterocycles. The van der Waals surface area contributed by atoms with Crippen LogP contribution in [-0.2, 0) is 27.2 Å². The molecule has 3 amide bonds. The Morgan fingerprint density at radius 2 is 1.37 bits per heavy atom. The first-order valence-electron chi connectivity index (χ1n) is 14.7. The molecule has 0 heterocycles. The number of aliphatic imine (C=N–C) groups is 2. The predicted octanol–water partition coefficient (Wildman–Crippen LogP) is 0.526. The topological polar surface area (TPSA) is 251 Å². The molecule has 0 bridgehead atoms. The van der Waals surface area contributed by atoms with Gasteiger partial charge in [0.05, 0.1) is 22.1 Å². The molecule has 2 aromatic rings. The summed E-state index contributed by atoms with van der Waals surface area (Å²) in [6, 6.07) is 10.4. The lowest BCUT2D eigenvalue weighted by molar-refractivity contribution is -0.132. The molecule has 16 heteroatoms. The van der Waals surface area contributed by atoms with Crippen molar-refractivity contribution in [1.82, 2.24) is 16.0 Å². The summed E-state index contributed by atoms with van der Waals surface area (Å²) in [5.74, 6) is -1.01. The molecule has 0 saturated carbocycles. The van der Waals surface area contributed by atoms with Gasteiger partial charge < -0.3 is 49.4 Å². The average Bonchev–Trinajstić information content (AvgIpc) is 3.00. The van der Waals surface area contributed by atoms with Crippen LogP contribution in [0.1, 0.15) is 36.8 Å². The molecule has 3 atom stereocenters. The van der Waals surface area contributed by atoms with E-state index in [2.05, 4.69) is 57.8 Å². The van der Waals surface area contributed by atoms with Crippen LogP contribution >= 0.6 is 31.9 Å². The first-order chi connectivity index (χ1) is 21.9. The maximum atomic E-state index is 13.8. The lowest BCUT2D eigenvalue weighted by Crippen LogP contribution is -2.56. The van der Waals surface area contributed by atoms with E-state index in [1.807, 2.05) is 30.3 Å². The lowest BCUT2D eigenvalue weighted by Gasteiger charge is -2.25. The number of nitrogens with zero attached hydrogens (tertiary/aromatic N) is 2. The van der Waals surface area contributed by atoms with E-state index in [1.165, 1.54) is 7.11 Å². The third-order valence-electron chi connectivity index (χ3n) is 6.77. The van der Waals surface area contributed by atoms with Crippen LogP contribution in [-0.4, -0.2) is 74.5 Å². The third kappa shape index (κ3) is 14.0. The van der Waals surface area contributed by atoms with E-state index in [9.17, 15) is 14.4 Å². The monoisotopic (exact) mass is 766 g/mol. The van der Waals surface area contributed by atoms with Crippen LogP contribution < -0.4 is 49.4 Å². The van der Waals surface area contributed by atoms with Gasteiger partial charge in [-0.05, 0) is 87.2 Å². The molecule has 0 aromatic heterocycles. The summed E-state index contributed by atoms with van der Waals surface area (Å²) >= 11 is 6.95. The molecule has 252 valence electrons. The molecule has 0 radical (unpaired) electrons. The fraction of sp³-hybridized carbons (Fsp3) is 0.433. The Morgan fingerprint density at radius 1 is 0.804 bits per heavy atom. The molecular formula is C30H44Br2N10O4. The van der Waals surface area contributed by atoms with E-state index >= 15 is 0 Å². The Morgan fingerprint density at radius 3 is 1.93 bits per heavy atom. The van der Waals surface area contributed by atoms with Crippen LogP contribution in [0.2, 0.25) is 0 Å². The Hall–Kier alpha value is -3.89. The number of carbonyl (C=O) groups is 3. The summed E-state index contributed by atoms with van der Waals surface area (Å²) < 4.78 is 6.69. The summed E-state index contributed by atoms with van der Waals surface area (Å²) in [5, 5.41) is 8.48. The van der Waals surface area contributed by atoms with E-state index < -0.39 is 29.9 Å². The van der Waals surface area contributed by atoms with Crippen molar-refractivity contribution in [2.24, 2.45) is 38.7 Å². The highest BCUT2D eigenvalue weighted by molar-refractivity contribution is 9.11. The van der Waals surface area contributed by atoms with Gasteiger partial charge in [0.25, 0.3) is 0 Å². The second-order valence-electron chi connectivity index (χ2n) is 10.4. The quantitative estimate of drug-likeness (QED) is 0.0563. The Bertz CT molecular complexity index is 1330. The van der Waals surface area contributed by atoms with Crippen molar-refractivity contribution in [3.05, 3.63) is 62.5 Å². The number of carbonyl (C=O) groups excluding carboxylic acids is 3. The van der Waals surface area contributed by atoms with Crippen molar-refractivity contribution < 1.29 is 19.1 Å². The van der Waals surface area contributed by atoms with E-state index in [4.69, 9.17) is 33.4 Å². The van der Waals surface area contributed by atoms with Crippen LogP contribution in [0.4, 0.5) is 0 Å². The predicted molar refractivity (Wildman–Crippen MR) is 187 cm³/mol. The minimum atomic E-state index is -1.07. The number of ether oxygens (including phenoxy) is 1. The molecule has 2 rings (SSSR count). The number of hydrogen-bond donors (Lipinski definition) is 8. The van der Waals surface area contributed by atoms with Crippen LogP contribution in [0.5, 0.6) is 5.75 Å². The molecule has 13 N–H and O–H groups in total. The van der Waals surface area contributed by atoms with Crippen LogP contribution in [0, 0.1) is 0 Å². The molecule has 0 saturated heterocycles. The lowest BCUT2D eigenvalue weighted by atomic mass is 10.0. The summed E-state index contributed by atoms with van der Waals surface area (Å²) in [6.07, 6.45) is 2.13. The van der Waals surface area contributed by atoms with Crippen molar-refractivity contribution in [1.29, 1.82) is 0 Å². The van der Waals surface area contributed by atoms with Gasteiger partial charge in [-0.25, -0.2) is 0 Å². The highest BCUT2D eigenvalue weighted by Gasteiger charge is 2.28. The summed E-state index contributed by atoms with van der Waals surface area (Å²) in [6.45, 7) is 0.947. The Kier molecular flexibility index (Phi) is 16.9. The zero-order chi connectivity index (χ0) is 34.1. The number of methoxy groups -OCH3 is 1. The first-order valence-corrected chi connectivity index (χ1v) is 16.3. The smallest absolute Gasteiger partial charge is 0.243 e. The Balaban J connectivity index is 2.24. The highest BCUT2D eigenvalue weighted by Crippen LogP contribution is 2.34. The van der Waals surface area contributed by atoms with Gasteiger partial charge >= 0.3 is 0 Å². The fourth-order valence-electron chi connectivity index (χ4n) is 4.44. The summed E-state index contributed by atoms with van der Waals surface area (Å²) in [7, 11) is 1.54. The molecule has 46 heavy (non-hydrogen) atoms. The standard InChI is InChI=1S/C30H44Br2N10O4/c1-46-25-20(31)15-19(16-21(25)32)17-24(42-26(43)22(33)9-5-12-39-29(34)35)28(45)41-23(10-6-13-40-30(36)37)27(44)38-14-11-18-7-3-2-4-8-18/h2-4,7-8,15-16,22-24H,5-6,9-14,17,33H2,1H3,(H,38,44)(H,41,45)(H,42,43)(H4,34,35,39)(H4,36,37,40)/t22-,23-,24-/m0/s1. The normalized spacial score (nSPS) is 12.6. The van der Waals surface area contributed by atoms with Crippen molar-refractivity contribution in [2.75, 3.05) is 26.7 Å². The molecule has 0 spiro atoms. The molecule has 2 aromatic carbocycles. The van der Waals surface area contributed by atoms with E-state index in [0.29, 0.717) is 52.6 Å². The fourth-order valence-corrected chi connectivity index (χ4v) is 6.05. The largest absolute Gasteiger partial charge is 0.494 e. The van der Waals surface area contributed by atoms with Crippen LogP contribution in [0.15, 0.2) is 61.4 Å². The zero-order valence-corrected chi connectivity index (χ0v) is 29.0. The number of rotatable bonds is 19. The average molecular weight is 769 g/mol. The number of halogens is 2. The summed E-state index contributed by atoms with van der Waals surface area (Å²) in [5.41, 5.74) is 29.5. The van der Waals surface area contributed by atoms with Gasteiger partial charge in [-0.2, -0.15) is 0 Å². The van der Waals surface area contributed by atoms with Gasteiger partial charge in [0.15, 0.2) is 11.9 Å². The minimum Gasteiger partial charge on any atom is -0.494 e. The minimum absolute atomic E-state index is 0.0523. The van der Waals surface area contributed by atoms with Gasteiger partial charge in [-0.15, -0.1) is 0 Å². The van der Waals surface area contributed by atoms with Crippen LogP contribution in [0.25, 0.3) is 0 Å². The second-order valence-corrected chi connectivity index (χ2v) is 12.2. The van der Waals surface area contributed by atoms with Crippen molar-refractivity contribution in [3.8, 4) is 5.75 Å². The number of nitrogens with two attached hydrogens (primary N) is 5. The molecule has 14 nitrogen and oxygen atoms in total. The van der Waals surface area contributed by atoms with Gasteiger partial charge in [-0.3, -0.25) is 24.4 Å². The number of guanidine groups is 2. The van der Waals surface area contributed by atoms with Gasteiger partial charge in [0.1, 0.15) is 17.8 Å². The van der Waals surface area contributed by atoms with E-state index in [-0.39, 0.29) is 43.6 Å². The maximum absolute atomic E-state index is 13.8. The first kappa shape index (κ1) is 38.3. The van der Waals surface area contributed by atoms with Crippen LogP contribution in [0.3, 0.4) is 0 Å². The van der Waals surface area contributed by atoms with E-state index in [1.54, 1.807) is 12.1 Å². The van der Waals surface area contributed by atoms with E-state index in [0.717, 1.165) is 5.56 Å². The molecule has 0 fully saturated rings. The van der Waals surface area contributed by atoms with Crippen molar-refractivity contribution >= 4 is 61.5 Å². The molecule has 0 unspecified atom stereocenters. The van der Waals surface area contributed by atoms with Gasteiger partial charge in [-0.1, -0.05) is 30.3 Å². The second kappa shape index (κ2) is 20.3. The Labute approximate surface area is 286 Å². The molecular weight excluding hydrogens is 724 g/mol. The van der Waals surface area contributed by atoms with Gasteiger partial charge in [0, 0.05) is 26.1 Å². The number of nitrogens with one attached hydrogen (secondary N) is 3. The third-order valence-corrected chi connectivity index (χ3v) is 7.95. The number of benzene rings is 2. The highest BCUT2D eigenvalue weighted by atomic mass is 79.9. The maximum Gasteiger partial charge on any atom is 0.243 e. The zero-order valence-electron chi connectivity index (χ0n) is 25.8. The summed E-state index contributed by atoms with van der Waals surface area (Å²) in [4.78, 5) is 48.1. The van der Waals surface area contributed by atoms with Crippen molar-refractivity contribution in [3.63, 3.8) is 0 Å². The molecule has 0 aliphatic carbocycles. The van der Waals surface area contributed by atoms with Gasteiger partial charge in [0.2, 0.25) is 17.7 Å².